The summed E-state index contributed by atoms with van der Waals surface area (Å²) in [6.07, 6.45) is 6.01. The van der Waals surface area contributed by atoms with E-state index in [4.69, 9.17) is 11.6 Å². The zero-order valence-electron chi connectivity index (χ0n) is 10.0. The van der Waals surface area contributed by atoms with E-state index in [0.717, 1.165) is 23.6 Å². The first-order chi connectivity index (χ1) is 7.20. The van der Waals surface area contributed by atoms with E-state index in [-0.39, 0.29) is 0 Å². The number of nitrogens with one attached hydrogen (secondary N) is 1. The van der Waals surface area contributed by atoms with Gasteiger partial charge in [0, 0.05) is 11.9 Å². The molecule has 0 amide bonds. The van der Waals surface area contributed by atoms with Gasteiger partial charge in [0.05, 0.1) is 0 Å². The van der Waals surface area contributed by atoms with Crippen molar-refractivity contribution >= 4 is 11.6 Å². The van der Waals surface area contributed by atoms with Crippen LogP contribution in [0, 0.1) is 23.7 Å². The summed E-state index contributed by atoms with van der Waals surface area (Å²) in [6.45, 7) is 5.72. The van der Waals surface area contributed by atoms with Crippen molar-refractivity contribution in [1.29, 1.82) is 0 Å². The molecule has 1 N–H and O–H groups in total. The van der Waals surface area contributed by atoms with Gasteiger partial charge in [-0.05, 0) is 56.4 Å². The highest BCUT2D eigenvalue weighted by Crippen LogP contribution is 2.47. The number of hydrogen-bond acceptors (Lipinski definition) is 1. The lowest BCUT2D eigenvalue weighted by atomic mass is 9.88. The van der Waals surface area contributed by atoms with Crippen LogP contribution in [0.3, 0.4) is 0 Å². The highest BCUT2D eigenvalue weighted by molar-refractivity contribution is 6.18. The van der Waals surface area contributed by atoms with Gasteiger partial charge in [-0.15, -0.1) is 11.6 Å². The summed E-state index contributed by atoms with van der Waals surface area (Å²) in [6, 6.07) is 0.571. The molecule has 5 unspecified atom stereocenters. The molecule has 1 nitrogen and oxygen atoms in total. The van der Waals surface area contributed by atoms with Gasteiger partial charge in [0.15, 0.2) is 0 Å². The summed E-state index contributed by atoms with van der Waals surface area (Å²) in [5.41, 5.74) is 0. The van der Waals surface area contributed by atoms with Gasteiger partial charge in [-0.1, -0.05) is 13.3 Å². The molecule has 0 saturated heterocycles. The van der Waals surface area contributed by atoms with Gasteiger partial charge >= 0.3 is 0 Å². The molecule has 2 rings (SSSR count). The zero-order valence-corrected chi connectivity index (χ0v) is 10.8. The molecule has 0 aliphatic heterocycles. The van der Waals surface area contributed by atoms with Crippen molar-refractivity contribution in [2.24, 2.45) is 23.7 Å². The van der Waals surface area contributed by atoms with Gasteiger partial charge in [0.2, 0.25) is 0 Å². The standard InChI is InChI=1S/C13H24ClN/c1-9(7-14)10(2)15-8-13-6-11-3-4-12(13)5-11/h9-13,15H,3-8H2,1-2H3. The van der Waals surface area contributed by atoms with E-state index in [9.17, 15) is 0 Å². The molecule has 2 bridgehead atoms. The first-order valence-electron chi connectivity index (χ1n) is 6.50. The van der Waals surface area contributed by atoms with Crippen molar-refractivity contribution in [3.8, 4) is 0 Å². The van der Waals surface area contributed by atoms with E-state index in [1.54, 1.807) is 0 Å². The third-order valence-electron chi connectivity index (χ3n) is 4.68. The molecule has 5 atom stereocenters. The van der Waals surface area contributed by atoms with Gasteiger partial charge in [-0.25, -0.2) is 0 Å². The Bertz CT molecular complexity index is 207. The van der Waals surface area contributed by atoms with Gasteiger partial charge in [-0.3, -0.25) is 0 Å². The van der Waals surface area contributed by atoms with Crippen LogP contribution in [0.5, 0.6) is 0 Å². The summed E-state index contributed by atoms with van der Waals surface area (Å²) in [5, 5.41) is 3.68. The van der Waals surface area contributed by atoms with Crippen LogP contribution in [0.2, 0.25) is 0 Å². The minimum absolute atomic E-state index is 0.571. The largest absolute Gasteiger partial charge is 0.314 e. The summed E-state index contributed by atoms with van der Waals surface area (Å²) in [5.74, 6) is 4.44. The van der Waals surface area contributed by atoms with E-state index in [2.05, 4.69) is 19.2 Å². The van der Waals surface area contributed by atoms with E-state index in [1.165, 1.54) is 32.2 Å². The van der Waals surface area contributed by atoms with Gasteiger partial charge < -0.3 is 5.32 Å². The van der Waals surface area contributed by atoms with Crippen molar-refractivity contribution in [3.05, 3.63) is 0 Å². The van der Waals surface area contributed by atoms with Gasteiger partial charge in [0.25, 0.3) is 0 Å². The van der Waals surface area contributed by atoms with Crippen LogP contribution in [-0.2, 0) is 0 Å². The Labute approximate surface area is 99.0 Å². The van der Waals surface area contributed by atoms with Crippen molar-refractivity contribution in [2.75, 3.05) is 12.4 Å². The Balaban J connectivity index is 1.70. The fraction of sp³-hybridized carbons (Fsp3) is 1.00. The van der Waals surface area contributed by atoms with E-state index in [1.807, 2.05) is 0 Å². The van der Waals surface area contributed by atoms with Crippen LogP contribution >= 0.6 is 11.6 Å². The van der Waals surface area contributed by atoms with Crippen LogP contribution in [0.25, 0.3) is 0 Å². The maximum atomic E-state index is 5.87. The number of fused-ring (bicyclic) bond motifs is 2. The molecule has 0 spiro atoms. The van der Waals surface area contributed by atoms with Crippen molar-refractivity contribution in [3.63, 3.8) is 0 Å². The smallest absolute Gasteiger partial charge is 0.0263 e. The maximum absolute atomic E-state index is 5.87. The molecule has 0 aromatic heterocycles. The van der Waals surface area contributed by atoms with E-state index < -0.39 is 0 Å². The summed E-state index contributed by atoms with van der Waals surface area (Å²) in [4.78, 5) is 0. The third-order valence-corrected chi connectivity index (χ3v) is 5.17. The number of rotatable bonds is 5. The van der Waals surface area contributed by atoms with E-state index in [0.29, 0.717) is 12.0 Å². The first kappa shape index (κ1) is 11.7. The molecule has 0 radical (unpaired) electrons. The molecule has 2 aliphatic rings. The minimum atomic E-state index is 0.571. The second-order valence-electron chi connectivity index (χ2n) is 5.76. The predicted octanol–water partition coefficient (Wildman–Crippen LogP) is 3.28. The fourth-order valence-corrected chi connectivity index (χ4v) is 3.57. The SMILES string of the molecule is CC(CCl)C(C)NCC1CC2CCC1C2. The molecular formula is C13H24ClN. The molecule has 2 aliphatic carbocycles. The molecule has 88 valence electrons. The minimum Gasteiger partial charge on any atom is -0.314 e. The Kier molecular flexibility index (Phi) is 3.95. The Morgan fingerprint density at radius 1 is 1.27 bits per heavy atom. The zero-order chi connectivity index (χ0) is 10.8. The second kappa shape index (κ2) is 5.05. The Hall–Kier alpha value is 0.250. The molecule has 0 aromatic rings. The molecule has 2 heteroatoms. The monoisotopic (exact) mass is 229 g/mol. The number of alkyl halides is 1. The third kappa shape index (κ3) is 2.68. The number of halogens is 1. The number of hydrogen-bond donors (Lipinski definition) is 1. The summed E-state index contributed by atoms with van der Waals surface area (Å²) < 4.78 is 0. The highest BCUT2D eigenvalue weighted by atomic mass is 35.5. The van der Waals surface area contributed by atoms with Crippen LogP contribution in [0.1, 0.15) is 39.5 Å². The molecule has 0 aromatic carbocycles. The van der Waals surface area contributed by atoms with Crippen LogP contribution < -0.4 is 5.32 Å². The molecule has 2 fully saturated rings. The second-order valence-corrected chi connectivity index (χ2v) is 6.07. The molecule has 2 saturated carbocycles. The van der Waals surface area contributed by atoms with Gasteiger partial charge in [0.1, 0.15) is 0 Å². The normalized spacial score (nSPS) is 38.2. The maximum Gasteiger partial charge on any atom is 0.0263 e. The van der Waals surface area contributed by atoms with Crippen molar-refractivity contribution < 1.29 is 0 Å². The topological polar surface area (TPSA) is 12.0 Å². The average molecular weight is 230 g/mol. The summed E-state index contributed by atoms with van der Waals surface area (Å²) >= 11 is 5.87. The molecule has 15 heavy (non-hydrogen) atoms. The quantitative estimate of drug-likeness (QED) is 0.714. The van der Waals surface area contributed by atoms with Gasteiger partial charge in [-0.2, -0.15) is 0 Å². The predicted molar refractivity (Wildman–Crippen MR) is 66.3 cm³/mol. The van der Waals surface area contributed by atoms with Crippen LogP contribution in [0.4, 0.5) is 0 Å². The van der Waals surface area contributed by atoms with Crippen LogP contribution in [0.15, 0.2) is 0 Å². The van der Waals surface area contributed by atoms with E-state index >= 15 is 0 Å². The highest BCUT2D eigenvalue weighted by Gasteiger charge is 2.39. The lowest BCUT2D eigenvalue weighted by Crippen LogP contribution is -2.37. The fourth-order valence-electron chi connectivity index (χ4n) is 3.30. The lowest BCUT2D eigenvalue weighted by molar-refractivity contribution is 0.295. The lowest BCUT2D eigenvalue weighted by Gasteiger charge is -2.26. The van der Waals surface area contributed by atoms with Crippen molar-refractivity contribution in [2.45, 2.75) is 45.6 Å². The molecular weight excluding hydrogens is 206 g/mol. The average Bonchev–Trinajstić information content (AvgIpc) is 2.86. The van der Waals surface area contributed by atoms with Crippen molar-refractivity contribution in [1.82, 2.24) is 5.32 Å². The van der Waals surface area contributed by atoms with Crippen LogP contribution in [-0.4, -0.2) is 18.5 Å². The molecule has 0 heterocycles. The first-order valence-corrected chi connectivity index (χ1v) is 7.03. The Morgan fingerprint density at radius 3 is 2.60 bits per heavy atom. The summed E-state index contributed by atoms with van der Waals surface area (Å²) in [7, 11) is 0. The Morgan fingerprint density at radius 2 is 2.07 bits per heavy atom.